The summed E-state index contributed by atoms with van der Waals surface area (Å²) in [5.74, 6) is 0. The van der Waals surface area contributed by atoms with Gasteiger partial charge in [0.05, 0.1) is 0 Å². The number of diazo groups is 1. The van der Waals surface area contributed by atoms with Gasteiger partial charge in [0.15, 0.2) is 4.98 Å². The Bertz CT molecular complexity index is 374. The maximum absolute atomic E-state index is 9.75. The van der Waals surface area contributed by atoms with E-state index < -0.39 is 7.25 Å². The lowest BCUT2D eigenvalue weighted by molar-refractivity contribution is 0.368. The SMILES string of the molecule is F[B-](F)(F)F.N#[N+]c1ccc(Br)nc1Cl. The summed E-state index contributed by atoms with van der Waals surface area (Å²) in [4.78, 5) is 6.67. The molecule has 0 radical (unpaired) electrons. The van der Waals surface area contributed by atoms with Crippen LogP contribution >= 0.6 is 27.5 Å². The maximum atomic E-state index is 9.75. The Morgan fingerprint density at radius 1 is 1.33 bits per heavy atom. The van der Waals surface area contributed by atoms with Crippen LogP contribution < -0.4 is 0 Å². The second kappa shape index (κ2) is 5.87. The van der Waals surface area contributed by atoms with Crippen molar-refractivity contribution in [2.75, 3.05) is 0 Å². The first-order valence-electron chi connectivity index (χ1n) is 3.28. The van der Waals surface area contributed by atoms with Gasteiger partial charge in [-0.15, -0.1) is 0 Å². The van der Waals surface area contributed by atoms with Gasteiger partial charge < -0.3 is 17.3 Å². The van der Waals surface area contributed by atoms with E-state index >= 15 is 0 Å². The molecule has 0 spiro atoms. The summed E-state index contributed by atoms with van der Waals surface area (Å²) in [6, 6.07) is 3.19. The van der Waals surface area contributed by atoms with E-state index in [1.807, 2.05) is 0 Å². The summed E-state index contributed by atoms with van der Waals surface area (Å²) in [6.07, 6.45) is 0. The second-order valence-electron chi connectivity index (χ2n) is 2.04. The molecule has 15 heavy (non-hydrogen) atoms. The number of pyridine rings is 1. The Morgan fingerprint density at radius 2 is 1.80 bits per heavy atom. The van der Waals surface area contributed by atoms with Gasteiger partial charge in [-0.25, -0.2) is 4.98 Å². The number of aromatic nitrogens is 1. The van der Waals surface area contributed by atoms with Crippen molar-refractivity contribution >= 4 is 40.5 Å². The second-order valence-corrected chi connectivity index (χ2v) is 3.21. The van der Waals surface area contributed by atoms with E-state index in [-0.39, 0.29) is 10.8 Å². The summed E-state index contributed by atoms with van der Waals surface area (Å²) in [6.45, 7) is 0. The fraction of sp³-hybridized carbons (Fsp3) is 0. The highest BCUT2D eigenvalue weighted by molar-refractivity contribution is 9.10. The number of hydrogen-bond donors (Lipinski definition) is 0. The molecule has 1 rings (SSSR count). The Kier molecular flexibility index (Phi) is 5.53. The van der Waals surface area contributed by atoms with E-state index in [4.69, 9.17) is 17.0 Å². The van der Waals surface area contributed by atoms with Gasteiger partial charge in [-0.05, 0) is 22.0 Å². The van der Waals surface area contributed by atoms with Gasteiger partial charge in [0.25, 0.3) is 0 Å². The Hall–Kier alpha value is -0.875. The third-order valence-electron chi connectivity index (χ3n) is 0.903. The molecule has 0 unspecified atom stereocenters. The number of hydrogen-bond acceptors (Lipinski definition) is 2. The van der Waals surface area contributed by atoms with Crippen molar-refractivity contribution in [2.45, 2.75) is 0 Å². The van der Waals surface area contributed by atoms with Gasteiger partial charge in [-0.3, -0.25) is 0 Å². The van der Waals surface area contributed by atoms with Crippen LogP contribution in [0.2, 0.25) is 5.15 Å². The van der Waals surface area contributed by atoms with Gasteiger partial charge in [-0.1, -0.05) is 11.6 Å². The molecular weight excluding hydrogens is 304 g/mol. The molecule has 10 heteroatoms. The van der Waals surface area contributed by atoms with Crippen molar-refractivity contribution in [3.05, 3.63) is 26.9 Å². The summed E-state index contributed by atoms with van der Waals surface area (Å²) in [5, 5.41) is 8.47. The molecule has 0 fully saturated rings. The van der Waals surface area contributed by atoms with Crippen LogP contribution in [0.4, 0.5) is 23.0 Å². The van der Waals surface area contributed by atoms with E-state index in [0.29, 0.717) is 4.60 Å². The Morgan fingerprint density at radius 3 is 2.13 bits per heavy atom. The lowest BCUT2D eigenvalue weighted by atomic mass is 10.3. The summed E-state index contributed by atoms with van der Waals surface area (Å²) in [7, 11) is -6.00. The minimum absolute atomic E-state index is 0.178. The van der Waals surface area contributed by atoms with E-state index in [1.165, 1.54) is 0 Å². The van der Waals surface area contributed by atoms with Crippen LogP contribution in [-0.4, -0.2) is 12.2 Å². The largest absolute Gasteiger partial charge is 0.673 e. The molecular formula is C5H2BBrClF4N3. The van der Waals surface area contributed by atoms with Crippen LogP contribution in [0.1, 0.15) is 0 Å². The van der Waals surface area contributed by atoms with Crippen LogP contribution in [0.25, 0.3) is 4.98 Å². The average molecular weight is 306 g/mol. The molecule has 0 aliphatic rings. The molecule has 0 aliphatic heterocycles. The molecule has 1 heterocycles. The quantitative estimate of drug-likeness (QED) is 0.311. The van der Waals surface area contributed by atoms with Crippen LogP contribution in [0.5, 0.6) is 0 Å². The van der Waals surface area contributed by atoms with Gasteiger partial charge >= 0.3 is 12.9 Å². The van der Waals surface area contributed by atoms with Crippen LogP contribution in [0.15, 0.2) is 16.7 Å². The zero-order chi connectivity index (χ0) is 12.1. The van der Waals surface area contributed by atoms with E-state index in [0.717, 1.165) is 0 Å². The van der Waals surface area contributed by atoms with Crippen molar-refractivity contribution in [3.8, 4) is 0 Å². The maximum Gasteiger partial charge on any atom is 0.673 e. The Labute approximate surface area is 95.3 Å². The molecule has 1 aromatic heterocycles. The number of rotatable bonds is 0. The molecule has 0 saturated carbocycles. The molecule has 3 nitrogen and oxygen atoms in total. The van der Waals surface area contributed by atoms with Crippen molar-refractivity contribution < 1.29 is 17.3 Å². The van der Waals surface area contributed by atoms with Gasteiger partial charge in [0.1, 0.15) is 4.60 Å². The van der Waals surface area contributed by atoms with Crippen LogP contribution in [0, 0.1) is 5.39 Å². The molecule has 0 saturated heterocycles. The van der Waals surface area contributed by atoms with Crippen molar-refractivity contribution in [2.24, 2.45) is 0 Å². The molecule has 0 bridgehead atoms. The lowest BCUT2D eigenvalue weighted by Crippen LogP contribution is -2.02. The smallest absolute Gasteiger partial charge is 0.418 e. The first-order chi connectivity index (χ1) is 6.74. The monoisotopic (exact) mass is 305 g/mol. The lowest BCUT2D eigenvalue weighted by Gasteiger charge is -1.94. The molecule has 0 N–H and O–H groups in total. The predicted molar refractivity (Wildman–Crippen MR) is 51.9 cm³/mol. The first-order valence-corrected chi connectivity index (χ1v) is 4.45. The number of nitrogens with zero attached hydrogens (tertiary/aromatic N) is 3. The fourth-order valence-electron chi connectivity index (χ4n) is 0.479. The van der Waals surface area contributed by atoms with Gasteiger partial charge in [0, 0.05) is 6.07 Å². The normalized spacial score (nSPS) is 9.93. The van der Waals surface area contributed by atoms with E-state index in [9.17, 15) is 17.3 Å². The topological polar surface area (TPSA) is 41.0 Å². The Balaban J connectivity index is 0.000000336. The molecule has 1 aromatic rings. The molecule has 0 aromatic carbocycles. The zero-order valence-electron chi connectivity index (χ0n) is 6.84. The van der Waals surface area contributed by atoms with E-state index in [2.05, 4.69) is 25.9 Å². The average Bonchev–Trinajstić information content (AvgIpc) is 2.01. The van der Waals surface area contributed by atoms with Crippen LogP contribution in [0.3, 0.4) is 0 Å². The highest BCUT2D eigenvalue weighted by Crippen LogP contribution is 2.23. The van der Waals surface area contributed by atoms with E-state index in [1.54, 1.807) is 12.1 Å². The summed E-state index contributed by atoms with van der Waals surface area (Å²) in [5.41, 5.74) is 0.268. The standard InChI is InChI=1S/C5H2BrClN3.BF4/c6-4-2-1-3(10-8)5(7)9-4;2-1(3,4)5/h1-2H;/q+1;-1. The van der Waals surface area contributed by atoms with Crippen LogP contribution in [-0.2, 0) is 0 Å². The number of halogens is 6. The molecule has 0 atom stereocenters. The molecule has 0 aliphatic carbocycles. The van der Waals surface area contributed by atoms with Crippen molar-refractivity contribution in [3.63, 3.8) is 0 Å². The third-order valence-corrected chi connectivity index (χ3v) is 1.62. The highest BCUT2D eigenvalue weighted by atomic mass is 79.9. The van der Waals surface area contributed by atoms with Gasteiger partial charge in [-0.2, -0.15) is 0 Å². The zero-order valence-corrected chi connectivity index (χ0v) is 9.18. The minimum atomic E-state index is -6.00. The fourth-order valence-corrected chi connectivity index (χ4v) is 1.08. The summed E-state index contributed by atoms with van der Waals surface area (Å²) >= 11 is 8.64. The minimum Gasteiger partial charge on any atom is -0.418 e. The predicted octanol–water partition coefficient (Wildman–Crippen LogP) is 4.28. The first kappa shape index (κ1) is 14.1. The highest BCUT2D eigenvalue weighted by Gasteiger charge is 2.20. The molecule has 0 amide bonds. The summed E-state index contributed by atoms with van der Waals surface area (Å²) < 4.78 is 39.6. The van der Waals surface area contributed by atoms with Crippen molar-refractivity contribution in [1.82, 2.24) is 4.98 Å². The van der Waals surface area contributed by atoms with Crippen molar-refractivity contribution in [1.29, 1.82) is 5.39 Å². The molecule has 82 valence electrons. The van der Waals surface area contributed by atoms with Gasteiger partial charge in [0.2, 0.25) is 10.5 Å². The third kappa shape index (κ3) is 8.14.